The van der Waals surface area contributed by atoms with Gasteiger partial charge in [0.15, 0.2) is 9.84 Å². The molecule has 3 rings (SSSR count). The number of rotatable bonds is 6. The maximum atomic E-state index is 11.6. The lowest BCUT2D eigenvalue weighted by Crippen LogP contribution is -2.48. The van der Waals surface area contributed by atoms with Crippen LogP contribution >= 0.6 is 0 Å². The Kier molecular flexibility index (Phi) is 5.41. The van der Waals surface area contributed by atoms with E-state index in [9.17, 15) is 8.42 Å². The first-order valence-corrected chi connectivity index (χ1v) is 10.2. The van der Waals surface area contributed by atoms with E-state index >= 15 is 0 Å². The van der Waals surface area contributed by atoms with Crippen LogP contribution in [-0.2, 0) is 16.9 Å². The highest BCUT2D eigenvalue weighted by Crippen LogP contribution is 2.21. The van der Waals surface area contributed by atoms with Crippen LogP contribution in [0.1, 0.15) is 11.9 Å². The van der Waals surface area contributed by atoms with Crippen molar-refractivity contribution in [2.75, 3.05) is 39.0 Å². The number of nitrogens with one attached hydrogen (secondary N) is 1. The predicted molar refractivity (Wildman–Crippen MR) is 95.4 cm³/mol. The first kappa shape index (κ1) is 17.9. The van der Waals surface area contributed by atoms with Crippen molar-refractivity contribution in [3.63, 3.8) is 0 Å². The van der Waals surface area contributed by atoms with E-state index in [0.29, 0.717) is 12.4 Å². The SMILES string of the molecule is Cn1ccnc1C1CNCCN1CCOc1cccc(S(C)(=O)=O)c1. The van der Waals surface area contributed by atoms with Gasteiger partial charge in [-0.15, -0.1) is 0 Å². The summed E-state index contributed by atoms with van der Waals surface area (Å²) >= 11 is 0. The number of ether oxygens (including phenoxy) is 1. The molecule has 1 unspecified atom stereocenters. The van der Waals surface area contributed by atoms with Crippen molar-refractivity contribution in [2.45, 2.75) is 10.9 Å². The van der Waals surface area contributed by atoms with Crippen LogP contribution in [0, 0.1) is 0 Å². The number of nitrogens with zero attached hydrogens (tertiary/aromatic N) is 3. The molecule has 0 aliphatic carbocycles. The van der Waals surface area contributed by atoms with E-state index in [1.54, 1.807) is 24.3 Å². The molecule has 1 atom stereocenters. The van der Waals surface area contributed by atoms with E-state index in [-0.39, 0.29) is 10.9 Å². The number of sulfone groups is 1. The minimum absolute atomic E-state index is 0.208. The molecule has 136 valence electrons. The summed E-state index contributed by atoms with van der Waals surface area (Å²) in [5, 5.41) is 3.41. The van der Waals surface area contributed by atoms with E-state index in [4.69, 9.17) is 4.74 Å². The van der Waals surface area contributed by atoms with Crippen molar-refractivity contribution in [3.05, 3.63) is 42.5 Å². The van der Waals surface area contributed by atoms with E-state index in [1.807, 2.05) is 24.0 Å². The highest BCUT2D eigenvalue weighted by Gasteiger charge is 2.26. The van der Waals surface area contributed by atoms with Crippen molar-refractivity contribution in [3.8, 4) is 5.75 Å². The van der Waals surface area contributed by atoms with Crippen LogP contribution in [0.4, 0.5) is 0 Å². The van der Waals surface area contributed by atoms with Gasteiger partial charge in [-0.25, -0.2) is 13.4 Å². The lowest BCUT2D eigenvalue weighted by atomic mass is 10.2. The van der Waals surface area contributed by atoms with E-state index < -0.39 is 9.84 Å². The predicted octanol–water partition coefficient (Wildman–Crippen LogP) is 0.849. The van der Waals surface area contributed by atoms with E-state index in [0.717, 1.165) is 32.0 Å². The third-order valence-electron chi connectivity index (χ3n) is 4.39. The molecular formula is C17H24N4O3S. The lowest BCUT2D eigenvalue weighted by molar-refractivity contribution is 0.127. The fourth-order valence-electron chi connectivity index (χ4n) is 3.04. The number of aromatic nitrogens is 2. The summed E-state index contributed by atoms with van der Waals surface area (Å²) in [5.74, 6) is 1.61. The molecule has 25 heavy (non-hydrogen) atoms. The largest absolute Gasteiger partial charge is 0.492 e. The molecule has 1 aliphatic rings. The van der Waals surface area contributed by atoms with Crippen LogP contribution in [0.2, 0.25) is 0 Å². The summed E-state index contributed by atoms with van der Waals surface area (Å²) in [6.45, 7) is 3.96. The summed E-state index contributed by atoms with van der Waals surface area (Å²) in [6.07, 6.45) is 4.97. The van der Waals surface area contributed by atoms with Crippen molar-refractivity contribution < 1.29 is 13.2 Å². The molecule has 2 aromatic rings. The molecule has 1 N–H and O–H groups in total. The van der Waals surface area contributed by atoms with Crippen LogP contribution in [-0.4, -0.2) is 61.9 Å². The van der Waals surface area contributed by atoms with Crippen molar-refractivity contribution in [1.82, 2.24) is 19.8 Å². The average Bonchev–Trinajstić information content (AvgIpc) is 3.01. The Labute approximate surface area is 148 Å². The zero-order chi connectivity index (χ0) is 17.9. The van der Waals surface area contributed by atoms with Gasteiger partial charge in [0.2, 0.25) is 0 Å². The zero-order valence-electron chi connectivity index (χ0n) is 14.6. The van der Waals surface area contributed by atoms with Gasteiger partial charge in [0.1, 0.15) is 18.2 Å². The minimum Gasteiger partial charge on any atom is -0.492 e. The Morgan fingerprint density at radius 3 is 2.96 bits per heavy atom. The third kappa shape index (κ3) is 4.39. The van der Waals surface area contributed by atoms with Gasteiger partial charge in [-0.2, -0.15) is 0 Å². The molecular weight excluding hydrogens is 340 g/mol. The fraction of sp³-hybridized carbons (Fsp3) is 0.471. The average molecular weight is 364 g/mol. The van der Waals surface area contributed by atoms with Crippen molar-refractivity contribution >= 4 is 9.84 Å². The molecule has 1 fully saturated rings. The van der Waals surface area contributed by atoms with Gasteiger partial charge in [-0.05, 0) is 18.2 Å². The van der Waals surface area contributed by atoms with Gasteiger partial charge in [0, 0.05) is 51.9 Å². The van der Waals surface area contributed by atoms with Gasteiger partial charge in [0.25, 0.3) is 0 Å². The first-order valence-electron chi connectivity index (χ1n) is 8.30. The standard InChI is InChI=1S/C17H24N4O3S/c1-20-8-7-19-17(20)16-13-18-6-9-21(16)10-11-24-14-4-3-5-15(12-14)25(2,22)23/h3-5,7-8,12,16,18H,6,9-11,13H2,1-2H3. The molecule has 7 nitrogen and oxygen atoms in total. The van der Waals surface area contributed by atoms with Gasteiger partial charge in [-0.1, -0.05) is 6.07 Å². The highest BCUT2D eigenvalue weighted by atomic mass is 32.2. The Bertz CT molecular complexity index is 819. The molecule has 2 heterocycles. The van der Waals surface area contributed by atoms with Crippen LogP contribution in [0.3, 0.4) is 0 Å². The second kappa shape index (κ2) is 7.55. The summed E-state index contributed by atoms with van der Waals surface area (Å²) in [7, 11) is -1.22. The van der Waals surface area contributed by atoms with E-state index in [1.165, 1.54) is 6.26 Å². The molecule has 0 saturated carbocycles. The van der Waals surface area contributed by atoms with Crippen LogP contribution in [0.5, 0.6) is 5.75 Å². The molecule has 0 amide bonds. The highest BCUT2D eigenvalue weighted by molar-refractivity contribution is 7.90. The number of aryl methyl sites for hydroxylation is 1. The maximum Gasteiger partial charge on any atom is 0.175 e. The molecule has 1 saturated heterocycles. The summed E-state index contributed by atoms with van der Waals surface area (Å²) in [5.41, 5.74) is 0. The van der Waals surface area contributed by atoms with Gasteiger partial charge in [-0.3, -0.25) is 4.90 Å². The number of benzene rings is 1. The molecule has 1 aromatic carbocycles. The Balaban J connectivity index is 1.62. The Hall–Kier alpha value is -1.90. The Morgan fingerprint density at radius 1 is 1.40 bits per heavy atom. The molecule has 0 spiro atoms. The van der Waals surface area contributed by atoms with Crippen LogP contribution < -0.4 is 10.1 Å². The fourth-order valence-corrected chi connectivity index (χ4v) is 3.70. The summed E-state index contributed by atoms with van der Waals surface area (Å²) < 4.78 is 31.1. The normalized spacial score (nSPS) is 19.0. The molecule has 0 radical (unpaired) electrons. The molecule has 8 heteroatoms. The molecule has 0 bridgehead atoms. The zero-order valence-corrected chi connectivity index (χ0v) is 15.4. The number of imidazole rings is 1. The smallest absolute Gasteiger partial charge is 0.175 e. The molecule has 1 aliphatic heterocycles. The van der Waals surface area contributed by atoms with Crippen molar-refractivity contribution in [2.24, 2.45) is 7.05 Å². The summed E-state index contributed by atoms with van der Waals surface area (Å²) in [4.78, 5) is 7.09. The monoisotopic (exact) mass is 364 g/mol. The van der Waals surface area contributed by atoms with Gasteiger partial charge >= 0.3 is 0 Å². The number of hydrogen-bond donors (Lipinski definition) is 1. The summed E-state index contributed by atoms with van der Waals surface area (Å²) in [6, 6.07) is 6.84. The van der Waals surface area contributed by atoms with Crippen LogP contribution in [0.25, 0.3) is 0 Å². The number of hydrogen-bond acceptors (Lipinski definition) is 6. The maximum absolute atomic E-state index is 11.6. The lowest BCUT2D eigenvalue weighted by Gasteiger charge is -2.35. The molecule has 1 aromatic heterocycles. The topological polar surface area (TPSA) is 76.5 Å². The van der Waals surface area contributed by atoms with E-state index in [2.05, 4.69) is 15.2 Å². The van der Waals surface area contributed by atoms with Gasteiger partial charge in [0.05, 0.1) is 10.9 Å². The quantitative estimate of drug-likeness (QED) is 0.819. The minimum atomic E-state index is -3.22. The van der Waals surface area contributed by atoms with Crippen LogP contribution in [0.15, 0.2) is 41.6 Å². The Morgan fingerprint density at radius 2 is 2.24 bits per heavy atom. The van der Waals surface area contributed by atoms with Crippen molar-refractivity contribution in [1.29, 1.82) is 0 Å². The second-order valence-electron chi connectivity index (χ2n) is 6.25. The number of piperazine rings is 1. The second-order valence-corrected chi connectivity index (χ2v) is 8.26. The third-order valence-corrected chi connectivity index (χ3v) is 5.50. The first-order chi connectivity index (χ1) is 11.9. The van der Waals surface area contributed by atoms with Gasteiger partial charge < -0.3 is 14.6 Å².